The van der Waals surface area contributed by atoms with E-state index in [0.717, 1.165) is 5.69 Å². The molecule has 0 saturated heterocycles. The molecule has 1 aromatic heterocycles. The fraction of sp³-hybridized carbons (Fsp3) is 0.0588. The molecule has 25 heavy (non-hydrogen) atoms. The summed E-state index contributed by atoms with van der Waals surface area (Å²) >= 11 is 13.3. The molecule has 1 amide bonds. The van der Waals surface area contributed by atoms with Crippen LogP contribution in [0.3, 0.4) is 0 Å². The normalized spacial score (nSPS) is 10.0. The highest BCUT2D eigenvalue weighted by Crippen LogP contribution is 2.31. The van der Waals surface area contributed by atoms with Crippen LogP contribution in [0.2, 0.25) is 10.0 Å². The molecular weight excluding hydrogens is 445 g/mol. The van der Waals surface area contributed by atoms with E-state index in [1.54, 1.807) is 25.1 Å². The summed E-state index contributed by atoms with van der Waals surface area (Å²) in [5, 5.41) is 7.61. The standard InChI is InChI=1S/C17H13Cl2N3OS.BrH/c1-10-15(16(23)21-12-5-3-2-4-6-12)24-17(20-10)22-14-8-7-11(18)9-13(14)19;/h2-9H,1H3,(H,20,22)(H,21,23);1H. The van der Waals surface area contributed by atoms with Crippen LogP contribution >= 0.6 is 51.5 Å². The van der Waals surface area contributed by atoms with Gasteiger partial charge in [0.25, 0.3) is 5.91 Å². The fourth-order valence-electron chi connectivity index (χ4n) is 2.08. The van der Waals surface area contributed by atoms with Crippen molar-refractivity contribution < 1.29 is 4.79 Å². The molecule has 0 fully saturated rings. The number of hydrogen-bond donors (Lipinski definition) is 2. The molecule has 4 nitrogen and oxygen atoms in total. The monoisotopic (exact) mass is 457 g/mol. The quantitative estimate of drug-likeness (QED) is 0.480. The lowest BCUT2D eigenvalue weighted by molar-refractivity contribution is 0.103. The van der Waals surface area contributed by atoms with Crippen molar-refractivity contribution in [1.29, 1.82) is 0 Å². The van der Waals surface area contributed by atoms with E-state index in [1.165, 1.54) is 11.3 Å². The topological polar surface area (TPSA) is 54.0 Å². The van der Waals surface area contributed by atoms with Crippen molar-refractivity contribution in [2.75, 3.05) is 10.6 Å². The van der Waals surface area contributed by atoms with Crippen LogP contribution in [0, 0.1) is 6.92 Å². The summed E-state index contributed by atoms with van der Waals surface area (Å²) in [5.41, 5.74) is 2.08. The van der Waals surface area contributed by atoms with E-state index in [2.05, 4.69) is 15.6 Å². The van der Waals surface area contributed by atoms with Gasteiger partial charge in [-0.25, -0.2) is 4.98 Å². The lowest BCUT2D eigenvalue weighted by atomic mass is 10.3. The Morgan fingerprint density at radius 1 is 1.12 bits per heavy atom. The zero-order valence-corrected chi connectivity index (χ0v) is 17.1. The van der Waals surface area contributed by atoms with Crippen molar-refractivity contribution in [3.63, 3.8) is 0 Å². The smallest absolute Gasteiger partial charge is 0.267 e. The highest BCUT2D eigenvalue weighted by atomic mass is 79.9. The molecule has 2 aromatic carbocycles. The van der Waals surface area contributed by atoms with Crippen LogP contribution in [-0.2, 0) is 0 Å². The molecule has 3 aromatic rings. The third-order valence-electron chi connectivity index (χ3n) is 3.21. The molecule has 0 aliphatic heterocycles. The summed E-state index contributed by atoms with van der Waals surface area (Å²) in [6.45, 7) is 1.80. The minimum Gasteiger partial charge on any atom is -0.330 e. The maximum absolute atomic E-state index is 12.4. The molecule has 0 unspecified atom stereocenters. The lowest BCUT2D eigenvalue weighted by Gasteiger charge is -2.05. The van der Waals surface area contributed by atoms with E-state index < -0.39 is 0 Å². The van der Waals surface area contributed by atoms with Crippen LogP contribution in [0.5, 0.6) is 0 Å². The van der Waals surface area contributed by atoms with Gasteiger partial charge in [-0.2, -0.15) is 0 Å². The predicted octanol–water partition coefficient (Wildman–Crippen LogP) is 6.33. The second-order valence-corrected chi connectivity index (χ2v) is 6.85. The molecule has 1 heterocycles. The number of benzene rings is 2. The zero-order chi connectivity index (χ0) is 17.1. The first-order chi connectivity index (χ1) is 11.5. The molecule has 0 bridgehead atoms. The first kappa shape index (κ1) is 19.7. The minimum absolute atomic E-state index is 0. The van der Waals surface area contributed by atoms with Gasteiger partial charge in [-0.15, -0.1) is 17.0 Å². The summed E-state index contributed by atoms with van der Waals surface area (Å²) in [7, 11) is 0. The van der Waals surface area contributed by atoms with Gasteiger partial charge in [0, 0.05) is 10.7 Å². The molecule has 0 aliphatic rings. The molecule has 0 saturated carbocycles. The van der Waals surface area contributed by atoms with Gasteiger partial charge in [0.1, 0.15) is 4.88 Å². The van der Waals surface area contributed by atoms with Crippen molar-refractivity contribution in [2.45, 2.75) is 6.92 Å². The van der Waals surface area contributed by atoms with Gasteiger partial charge in [-0.3, -0.25) is 4.79 Å². The van der Waals surface area contributed by atoms with E-state index in [1.807, 2.05) is 30.3 Å². The maximum atomic E-state index is 12.4. The summed E-state index contributed by atoms with van der Waals surface area (Å²) in [6, 6.07) is 14.4. The highest BCUT2D eigenvalue weighted by Gasteiger charge is 2.16. The summed E-state index contributed by atoms with van der Waals surface area (Å²) in [4.78, 5) is 17.3. The van der Waals surface area contributed by atoms with E-state index in [0.29, 0.717) is 31.4 Å². The zero-order valence-electron chi connectivity index (χ0n) is 13.0. The number of thiazole rings is 1. The summed E-state index contributed by atoms with van der Waals surface area (Å²) in [5.74, 6) is -0.188. The van der Waals surface area contributed by atoms with Gasteiger partial charge >= 0.3 is 0 Å². The summed E-state index contributed by atoms with van der Waals surface area (Å²) in [6.07, 6.45) is 0. The van der Waals surface area contributed by atoms with E-state index in [4.69, 9.17) is 23.2 Å². The third-order valence-corrected chi connectivity index (χ3v) is 4.83. The van der Waals surface area contributed by atoms with Crippen molar-refractivity contribution in [3.05, 3.63) is 69.1 Å². The van der Waals surface area contributed by atoms with Crippen molar-refractivity contribution in [3.8, 4) is 0 Å². The van der Waals surface area contributed by atoms with Gasteiger partial charge in [-0.05, 0) is 37.3 Å². The van der Waals surface area contributed by atoms with Crippen molar-refractivity contribution >= 4 is 73.9 Å². The average Bonchev–Trinajstić information content (AvgIpc) is 2.92. The number of aromatic nitrogens is 1. The highest BCUT2D eigenvalue weighted by molar-refractivity contribution is 8.93. The molecule has 0 atom stereocenters. The Bertz CT molecular complexity index is 887. The number of carbonyl (C=O) groups excluding carboxylic acids is 1. The van der Waals surface area contributed by atoms with Gasteiger partial charge in [0.15, 0.2) is 5.13 Å². The number of anilines is 3. The Labute approximate surface area is 170 Å². The van der Waals surface area contributed by atoms with Crippen LogP contribution in [0.25, 0.3) is 0 Å². The number of aryl methyl sites for hydroxylation is 1. The van der Waals surface area contributed by atoms with Crippen molar-refractivity contribution in [2.24, 2.45) is 0 Å². The van der Waals surface area contributed by atoms with Gasteiger partial charge < -0.3 is 10.6 Å². The number of nitrogens with one attached hydrogen (secondary N) is 2. The van der Waals surface area contributed by atoms with E-state index in [9.17, 15) is 4.79 Å². The number of para-hydroxylation sites is 1. The van der Waals surface area contributed by atoms with Crippen molar-refractivity contribution in [1.82, 2.24) is 4.98 Å². The van der Waals surface area contributed by atoms with E-state index >= 15 is 0 Å². The maximum Gasteiger partial charge on any atom is 0.267 e. The molecule has 0 spiro atoms. The second kappa shape index (κ2) is 8.67. The number of rotatable bonds is 4. The van der Waals surface area contributed by atoms with Crippen LogP contribution in [0.15, 0.2) is 48.5 Å². The predicted molar refractivity (Wildman–Crippen MR) is 111 cm³/mol. The van der Waals surface area contributed by atoms with Crippen LogP contribution in [0.1, 0.15) is 15.4 Å². The SMILES string of the molecule is Br.Cc1nc(Nc2ccc(Cl)cc2Cl)sc1C(=O)Nc1ccccc1. The van der Waals surface area contributed by atoms with Crippen LogP contribution < -0.4 is 10.6 Å². The number of hydrogen-bond acceptors (Lipinski definition) is 4. The largest absolute Gasteiger partial charge is 0.330 e. The molecule has 0 radical (unpaired) electrons. The Kier molecular flexibility index (Phi) is 6.84. The number of halogens is 3. The number of amides is 1. The Balaban J connectivity index is 0.00000225. The van der Waals surface area contributed by atoms with Crippen LogP contribution in [0.4, 0.5) is 16.5 Å². The molecule has 8 heteroatoms. The Hall–Kier alpha value is -1.60. The fourth-order valence-corrected chi connectivity index (χ4v) is 3.41. The van der Waals surface area contributed by atoms with Gasteiger partial charge in [0.05, 0.1) is 16.4 Å². The number of nitrogens with zero attached hydrogens (tertiary/aromatic N) is 1. The van der Waals surface area contributed by atoms with Crippen LogP contribution in [-0.4, -0.2) is 10.9 Å². The van der Waals surface area contributed by atoms with E-state index in [-0.39, 0.29) is 22.9 Å². The first-order valence-electron chi connectivity index (χ1n) is 7.09. The molecule has 0 aliphatic carbocycles. The lowest BCUT2D eigenvalue weighted by Crippen LogP contribution is -2.11. The first-order valence-corrected chi connectivity index (χ1v) is 8.66. The summed E-state index contributed by atoms with van der Waals surface area (Å²) < 4.78 is 0. The Morgan fingerprint density at radius 3 is 2.52 bits per heavy atom. The minimum atomic E-state index is -0.188. The third kappa shape index (κ3) is 4.95. The average molecular weight is 459 g/mol. The Morgan fingerprint density at radius 2 is 1.84 bits per heavy atom. The molecule has 130 valence electrons. The van der Waals surface area contributed by atoms with Gasteiger partial charge in [-0.1, -0.05) is 52.7 Å². The van der Waals surface area contributed by atoms with Gasteiger partial charge in [0.2, 0.25) is 0 Å². The molecular formula is C17H14BrCl2N3OS. The second-order valence-electron chi connectivity index (χ2n) is 5.00. The number of carbonyl (C=O) groups is 1. The molecule has 2 N–H and O–H groups in total. The molecule has 3 rings (SSSR count).